The molecule has 2 N–H and O–H groups in total. The molecule has 0 fully saturated rings. The fraction of sp³-hybridized carbons (Fsp3) is 0.0556. The van der Waals surface area contributed by atoms with E-state index in [9.17, 15) is 9.59 Å². The van der Waals surface area contributed by atoms with Crippen LogP contribution in [0, 0.1) is 0 Å². The van der Waals surface area contributed by atoms with Gasteiger partial charge in [0, 0.05) is 29.9 Å². The van der Waals surface area contributed by atoms with Gasteiger partial charge in [-0.25, -0.2) is 4.98 Å². The largest absolute Gasteiger partial charge is 0.326 e. The quantitative estimate of drug-likeness (QED) is 0.551. The molecule has 0 atom stereocenters. The third kappa shape index (κ3) is 3.24. The first kappa shape index (κ1) is 16.5. The Kier molecular flexibility index (Phi) is 4.27. The molecule has 6 nitrogen and oxygen atoms in total. The van der Waals surface area contributed by atoms with Crippen LogP contribution in [-0.2, 0) is 4.79 Å². The Morgan fingerprint density at radius 2 is 1.88 bits per heavy atom. The number of carbonyl (C=O) groups excluding carboxylic acids is 2. The van der Waals surface area contributed by atoms with Gasteiger partial charge in [0.2, 0.25) is 5.91 Å². The zero-order valence-corrected chi connectivity index (χ0v) is 15.4. The number of thiazole rings is 1. The van der Waals surface area contributed by atoms with E-state index < -0.39 is 0 Å². The van der Waals surface area contributed by atoms with Crippen LogP contribution in [0.2, 0.25) is 0 Å². The lowest BCUT2D eigenvalue weighted by atomic mass is 10.2. The Labute approximate surface area is 157 Å². The van der Waals surface area contributed by atoms with E-state index in [4.69, 9.17) is 0 Å². The predicted octanol–water partition coefficient (Wildman–Crippen LogP) is 4.34. The van der Waals surface area contributed by atoms with Gasteiger partial charge < -0.3 is 10.6 Å². The Balaban J connectivity index is 1.59. The molecule has 0 bridgehead atoms. The fourth-order valence-electron chi connectivity index (χ4n) is 2.56. The molecule has 4 rings (SSSR count). The summed E-state index contributed by atoms with van der Waals surface area (Å²) in [5.41, 5.74) is 2.62. The van der Waals surface area contributed by atoms with Gasteiger partial charge in [0.1, 0.15) is 11.4 Å². The molecule has 8 heteroatoms. The van der Waals surface area contributed by atoms with Crippen molar-refractivity contribution in [1.29, 1.82) is 0 Å². The number of nitrogens with zero attached hydrogens (tertiary/aromatic N) is 2. The average Bonchev–Trinajstić information content (AvgIpc) is 3.30. The summed E-state index contributed by atoms with van der Waals surface area (Å²) in [6.07, 6.45) is 1.88. The molecule has 0 aliphatic heterocycles. The van der Waals surface area contributed by atoms with Crippen molar-refractivity contribution in [2.24, 2.45) is 0 Å². The SMILES string of the molecule is CC(=O)Nc1cccc(NC(=O)c2csc3nc(-c4cccs4)cn23)c1. The van der Waals surface area contributed by atoms with E-state index in [1.807, 2.05) is 23.7 Å². The molecular formula is C18H14N4O2S2. The van der Waals surface area contributed by atoms with Gasteiger partial charge in [0.05, 0.1) is 4.88 Å². The summed E-state index contributed by atoms with van der Waals surface area (Å²) in [6.45, 7) is 1.44. The summed E-state index contributed by atoms with van der Waals surface area (Å²) in [4.78, 5) is 30.3. The number of hydrogen-bond acceptors (Lipinski definition) is 5. The van der Waals surface area contributed by atoms with Crippen molar-refractivity contribution in [3.8, 4) is 10.6 Å². The summed E-state index contributed by atoms with van der Waals surface area (Å²) >= 11 is 3.03. The maximum Gasteiger partial charge on any atom is 0.273 e. The molecule has 0 spiro atoms. The molecule has 2 amide bonds. The molecule has 4 aromatic rings. The third-order valence-corrected chi connectivity index (χ3v) is 5.39. The molecular weight excluding hydrogens is 368 g/mol. The van der Waals surface area contributed by atoms with Crippen molar-refractivity contribution in [1.82, 2.24) is 9.38 Å². The number of aromatic nitrogens is 2. The molecule has 3 heterocycles. The van der Waals surface area contributed by atoms with Gasteiger partial charge in [0.15, 0.2) is 4.96 Å². The van der Waals surface area contributed by atoms with Crippen LogP contribution in [0.5, 0.6) is 0 Å². The molecule has 130 valence electrons. The lowest BCUT2D eigenvalue weighted by Crippen LogP contribution is -2.14. The van der Waals surface area contributed by atoms with Crippen molar-refractivity contribution >= 4 is 50.8 Å². The zero-order chi connectivity index (χ0) is 18.1. The Morgan fingerprint density at radius 3 is 2.62 bits per heavy atom. The van der Waals surface area contributed by atoms with E-state index >= 15 is 0 Å². The number of benzene rings is 1. The molecule has 0 saturated carbocycles. The van der Waals surface area contributed by atoms with Crippen LogP contribution in [0.3, 0.4) is 0 Å². The number of fused-ring (bicyclic) bond motifs is 1. The average molecular weight is 382 g/mol. The van der Waals surface area contributed by atoms with Crippen LogP contribution in [0.1, 0.15) is 17.4 Å². The van der Waals surface area contributed by atoms with Crippen LogP contribution >= 0.6 is 22.7 Å². The number of carbonyl (C=O) groups is 2. The maximum absolute atomic E-state index is 12.7. The maximum atomic E-state index is 12.7. The molecule has 1 aromatic carbocycles. The van der Waals surface area contributed by atoms with Crippen molar-refractivity contribution in [3.05, 3.63) is 59.0 Å². The number of anilines is 2. The van der Waals surface area contributed by atoms with Gasteiger partial charge >= 0.3 is 0 Å². The minimum absolute atomic E-state index is 0.160. The number of rotatable bonds is 4. The van der Waals surface area contributed by atoms with Crippen LogP contribution in [0.25, 0.3) is 15.5 Å². The summed E-state index contributed by atoms with van der Waals surface area (Å²) in [5.74, 6) is -0.390. The number of imidazole rings is 1. The Hall–Kier alpha value is -2.97. The van der Waals surface area contributed by atoms with E-state index in [0.29, 0.717) is 17.1 Å². The number of thiophene rings is 1. The lowest BCUT2D eigenvalue weighted by Gasteiger charge is -2.07. The minimum Gasteiger partial charge on any atom is -0.326 e. The highest BCUT2D eigenvalue weighted by Gasteiger charge is 2.16. The summed E-state index contributed by atoms with van der Waals surface area (Å²) in [5, 5.41) is 9.35. The topological polar surface area (TPSA) is 75.5 Å². The van der Waals surface area contributed by atoms with E-state index in [1.54, 1.807) is 45.4 Å². The van der Waals surface area contributed by atoms with Crippen molar-refractivity contribution in [3.63, 3.8) is 0 Å². The second kappa shape index (κ2) is 6.74. The van der Waals surface area contributed by atoms with Crippen molar-refractivity contribution in [2.75, 3.05) is 10.6 Å². The highest BCUT2D eigenvalue weighted by molar-refractivity contribution is 7.15. The van der Waals surface area contributed by atoms with Gasteiger partial charge in [-0.2, -0.15) is 0 Å². The van der Waals surface area contributed by atoms with Crippen molar-refractivity contribution in [2.45, 2.75) is 6.92 Å². The minimum atomic E-state index is -0.230. The van der Waals surface area contributed by atoms with Crippen molar-refractivity contribution < 1.29 is 9.59 Å². The van der Waals surface area contributed by atoms with Gasteiger partial charge in [-0.15, -0.1) is 22.7 Å². The second-order valence-corrected chi connectivity index (χ2v) is 7.38. The number of hydrogen-bond donors (Lipinski definition) is 2. The van der Waals surface area contributed by atoms with E-state index in [-0.39, 0.29) is 11.8 Å². The summed E-state index contributed by atoms with van der Waals surface area (Å²) < 4.78 is 1.80. The smallest absolute Gasteiger partial charge is 0.273 e. The van der Waals surface area contributed by atoms with E-state index in [2.05, 4.69) is 15.6 Å². The van der Waals surface area contributed by atoms with Gasteiger partial charge in [-0.05, 0) is 29.6 Å². The summed E-state index contributed by atoms with van der Waals surface area (Å²) in [7, 11) is 0. The highest BCUT2D eigenvalue weighted by Crippen LogP contribution is 2.27. The summed E-state index contributed by atoms with van der Waals surface area (Å²) in [6, 6.07) is 11.0. The van der Waals surface area contributed by atoms with Gasteiger partial charge in [-0.3, -0.25) is 14.0 Å². The molecule has 0 aliphatic rings. The Bertz CT molecular complexity index is 1100. The van der Waals surface area contributed by atoms with Crippen LogP contribution in [0.15, 0.2) is 53.4 Å². The molecule has 0 aliphatic carbocycles. The lowest BCUT2D eigenvalue weighted by molar-refractivity contribution is -0.114. The predicted molar refractivity (Wildman–Crippen MR) is 105 cm³/mol. The molecule has 0 unspecified atom stereocenters. The second-order valence-electron chi connectivity index (χ2n) is 5.59. The number of nitrogens with one attached hydrogen (secondary N) is 2. The molecule has 3 aromatic heterocycles. The first-order valence-electron chi connectivity index (χ1n) is 7.79. The molecule has 26 heavy (non-hydrogen) atoms. The van der Waals surface area contributed by atoms with E-state index in [1.165, 1.54) is 18.3 Å². The molecule has 0 saturated heterocycles. The first-order valence-corrected chi connectivity index (χ1v) is 9.55. The third-order valence-electron chi connectivity index (χ3n) is 3.66. The van der Waals surface area contributed by atoms with E-state index in [0.717, 1.165) is 15.5 Å². The first-order chi connectivity index (χ1) is 12.6. The standard InChI is InChI=1S/C18H14N4O2S2/c1-11(23)19-12-4-2-5-13(8-12)20-17(24)15-10-26-18-21-14(9-22(15)18)16-6-3-7-25-16/h2-10H,1H3,(H,19,23)(H,20,24). The van der Waals surface area contributed by atoms with Gasteiger partial charge in [-0.1, -0.05) is 12.1 Å². The van der Waals surface area contributed by atoms with Crippen LogP contribution in [-0.4, -0.2) is 21.2 Å². The normalized spacial score (nSPS) is 10.8. The fourth-order valence-corrected chi connectivity index (χ4v) is 4.10. The van der Waals surface area contributed by atoms with Gasteiger partial charge in [0.25, 0.3) is 5.91 Å². The zero-order valence-electron chi connectivity index (χ0n) is 13.7. The van der Waals surface area contributed by atoms with Crippen LogP contribution in [0.4, 0.5) is 11.4 Å². The number of amides is 2. The highest BCUT2D eigenvalue weighted by atomic mass is 32.1. The monoisotopic (exact) mass is 382 g/mol. The van der Waals surface area contributed by atoms with Crippen LogP contribution < -0.4 is 10.6 Å². The molecule has 0 radical (unpaired) electrons. The Morgan fingerprint density at radius 1 is 1.08 bits per heavy atom.